The van der Waals surface area contributed by atoms with E-state index in [4.69, 9.17) is 56.2 Å². The molecule has 0 aliphatic carbocycles. The van der Waals surface area contributed by atoms with Crippen molar-refractivity contribution in [2.75, 3.05) is 0 Å². The first-order valence-electron chi connectivity index (χ1n) is 21.4. The summed E-state index contributed by atoms with van der Waals surface area (Å²) in [7, 11) is 0. The van der Waals surface area contributed by atoms with Gasteiger partial charge in [-0.1, -0.05) is 66.7 Å². The molecule has 0 unspecified atom stereocenters. The van der Waals surface area contributed by atoms with Gasteiger partial charge in [0.25, 0.3) is 0 Å². The van der Waals surface area contributed by atoms with Gasteiger partial charge in [-0.3, -0.25) is 0 Å². The maximum absolute atomic E-state index is 10.9. The Morgan fingerprint density at radius 1 is 0.208 bits per heavy atom. The number of rotatable bonds is 12. The molecular formula is C55H38O22. The van der Waals surface area contributed by atoms with Crippen molar-refractivity contribution in [3.8, 4) is 11.1 Å². The van der Waals surface area contributed by atoms with Gasteiger partial charge in [0.05, 0.1) is 61.2 Å². The van der Waals surface area contributed by atoms with Gasteiger partial charge in [-0.15, -0.1) is 0 Å². The third-order valence-electron chi connectivity index (χ3n) is 10.3. The number of hydrogen-bond donors (Lipinski definition) is 11. The molecule has 0 spiro atoms. The Hall–Kier alpha value is -11.6. The van der Waals surface area contributed by atoms with Crippen LogP contribution in [0.1, 0.15) is 114 Å². The van der Waals surface area contributed by atoms with E-state index in [1.54, 1.807) is 60.7 Å². The quantitative estimate of drug-likeness (QED) is 0.0543. The van der Waals surface area contributed by atoms with Crippen LogP contribution in [0.2, 0.25) is 0 Å². The van der Waals surface area contributed by atoms with Crippen molar-refractivity contribution in [2.24, 2.45) is 0 Å². The average Bonchev–Trinajstić information content (AvgIpc) is 3.40. The molecule has 0 heterocycles. The maximum atomic E-state index is 10.9. The first-order chi connectivity index (χ1) is 36.3. The second-order valence-electron chi connectivity index (χ2n) is 15.4. The van der Waals surface area contributed by atoms with Gasteiger partial charge in [0.1, 0.15) is 0 Å². The molecule has 0 aliphatic heterocycles. The van der Waals surface area contributed by atoms with Gasteiger partial charge >= 0.3 is 65.7 Å². The summed E-state index contributed by atoms with van der Waals surface area (Å²) in [5, 5.41) is 98.2. The molecule has 22 nitrogen and oxygen atoms in total. The van der Waals surface area contributed by atoms with Crippen LogP contribution in [0.5, 0.6) is 0 Å². The Balaban J connectivity index is 0.000000209. The number of fused-ring (bicyclic) bond motifs is 2. The minimum Gasteiger partial charge on any atom is -0.478 e. The van der Waals surface area contributed by atoms with Gasteiger partial charge in [0.2, 0.25) is 0 Å². The fourth-order valence-corrected chi connectivity index (χ4v) is 6.58. The Kier molecular flexibility index (Phi) is 19.8. The highest BCUT2D eigenvalue weighted by atomic mass is 16.4. The third kappa shape index (κ3) is 16.2. The lowest BCUT2D eigenvalue weighted by Gasteiger charge is -2.05. The van der Waals surface area contributed by atoms with Crippen LogP contribution in [0.4, 0.5) is 0 Å². The van der Waals surface area contributed by atoms with E-state index in [1.165, 1.54) is 78.9 Å². The molecule has 0 saturated carbocycles. The van der Waals surface area contributed by atoms with Crippen LogP contribution in [0, 0.1) is 0 Å². The molecule has 0 amide bonds. The van der Waals surface area contributed by atoms with Crippen molar-refractivity contribution in [3.05, 3.63) is 225 Å². The lowest BCUT2D eigenvalue weighted by molar-refractivity contribution is 0.0670. The first kappa shape index (κ1) is 58.0. The summed E-state index contributed by atoms with van der Waals surface area (Å²) in [6.45, 7) is 0. The van der Waals surface area contributed by atoms with Crippen molar-refractivity contribution in [1.82, 2.24) is 0 Å². The summed E-state index contributed by atoms with van der Waals surface area (Å²) in [4.78, 5) is 117. The molecule has 0 saturated heterocycles. The molecule has 0 atom stereocenters. The Morgan fingerprint density at radius 2 is 0.455 bits per heavy atom. The first-order valence-corrected chi connectivity index (χ1v) is 21.4. The maximum Gasteiger partial charge on any atom is 0.336 e. The molecular weight excluding hydrogens is 1010 g/mol. The van der Waals surface area contributed by atoms with Gasteiger partial charge < -0.3 is 56.2 Å². The van der Waals surface area contributed by atoms with E-state index in [1.807, 2.05) is 0 Å². The number of hydrogen-bond acceptors (Lipinski definition) is 11. The summed E-state index contributed by atoms with van der Waals surface area (Å²) < 4.78 is 0. The van der Waals surface area contributed by atoms with E-state index in [2.05, 4.69) is 0 Å². The molecule has 0 fully saturated rings. The molecule has 0 aliphatic rings. The second kappa shape index (κ2) is 26.2. The lowest BCUT2D eigenvalue weighted by atomic mass is 10.00. The van der Waals surface area contributed by atoms with E-state index < -0.39 is 65.7 Å². The van der Waals surface area contributed by atoms with Crippen molar-refractivity contribution in [2.45, 2.75) is 0 Å². The molecule has 390 valence electrons. The average molecular weight is 1050 g/mol. The molecule has 0 aromatic heterocycles. The largest absolute Gasteiger partial charge is 0.478 e. The summed E-state index contributed by atoms with van der Waals surface area (Å²) in [6, 6.07) is 39.1. The number of carbonyl (C=O) groups is 11. The highest BCUT2D eigenvalue weighted by Gasteiger charge is 2.16. The molecule has 8 aromatic carbocycles. The molecule has 8 rings (SSSR count). The van der Waals surface area contributed by atoms with Gasteiger partial charge in [0.15, 0.2) is 0 Å². The third-order valence-corrected chi connectivity index (χ3v) is 10.3. The van der Waals surface area contributed by atoms with Crippen molar-refractivity contribution < 1.29 is 109 Å². The van der Waals surface area contributed by atoms with Gasteiger partial charge in [-0.2, -0.15) is 0 Å². The number of carboxylic acids is 11. The van der Waals surface area contributed by atoms with Crippen LogP contribution in [-0.4, -0.2) is 122 Å². The lowest BCUT2D eigenvalue weighted by Crippen LogP contribution is -2.07. The van der Waals surface area contributed by atoms with Crippen LogP contribution in [0.25, 0.3) is 32.7 Å². The van der Waals surface area contributed by atoms with Crippen molar-refractivity contribution >= 4 is 87.2 Å². The van der Waals surface area contributed by atoms with E-state index >= 15 is 0 Å². The fourth-order valence-electron chi connectivity index (χ4n) is 6.58. The number of benzene rings is 8. The van der Waals surface area contributed by atoms with E-state index in [-0.39, 0.29) is 61.2 Å². The second-order valence-corrected chi connectivity index (χ2v) is 15.4. The smallest absolute Gasteiger partial charge is 0.336 e. The molecule has 11 N–H and O–H groups in total. The standard InChI is InChI=1S/C14H10O4.2C12H8O4.C9H6O6.C8H6O4/c15-13(16)11-5-1-9(2-6-11)10-3-7-12(8-4-10)14(17)18;13-11(14)9-3-1-7-5-10(12(15)16)4-2-8(7)6-9;13-11(14)9-5-6-10(12(15)16)8-4-2-1-3-7(8)9;10-7(11)4-1-5(8(12)13)3-6(2-4)9(14)15;9-7(10)5-2-1-3-6(4-5)8(11)12/h1-8H,(H,15,16)(H,17,18);2*1-6H,(H,13,14)(H,15,16);1-3H,(H,10,11)(H,12,13)(H,14,15);1-4H,(H,9,10)(H,11,12). The molecule has 8 aromatic rings. The van der Waals surface area contributed by atoms with Crippen LogP contribution in [-0.2, 0) is 0 Å². The zero-order valence-electron chi connectivity index (χ0n) is 39.0. The normalized spacial score (nSPS) is 9.92. The summed E-state index contributed by atoms with van der Waals surface area (Å²) in [5.74, 6) is -12.4. The van der Waals surface area contributed by atoms with Crippen molar-refractivity contribution in [1.29, 1.82) is 0 Å². The van der Waals surface area contributed by atoms with E-state index in [9.17, 15) is 52.7 Å². The van der Waals surface area contributed by atoms with Gasteiger partial charge in [-0.05, 0) is 130 Å². The molecule has 0 radical (unpaired) electrons. The van der Waals surface area contributed by atoms with Crippen LogP contribution in [0.3, 0.4) is 0 Å². The van der Waals surface area contributed by atoms with E-state index in [0.717, 1.165) is 35.4 Å². The predicted molar refractivity (Wildman–Crippen MR) is 269 cm³/mol. The van der Waals surface area contributed by atoms with Crippen LogP contribution in [0.15, 0.2) is 164 Å². The van der Waals surface area contributed by atoms with Crippen LogP contribution < -0.4 is 0 Å². The predicted octanol–water partition coefficient (Wildman–Crippen LogP) is 9.09. The topological polar surface area (TPSA) is 410 Å². The van der Waals surface area contributed by atoms with Gasteiger partial charge in [-0.25, -0.2) is 52.7 Å². The fraction of sp³-hybridized carbons (Fsp3) is 0. The molecule has 22 heteroatoms. The van der Waals surface area contributed by atoms with E-state index in [0.29, 0.717) is 21.5 Å². The molecule has 0 bridgehead atoms. The Labute approximate surface area is 431 Å². The minimum absolute atomic E-state index is 0.0186. The zero-order valence-corrected chi connectivity index (χ0v) is 39.0. The summed E-state index contributed by atoms with van der Waals surface area (Å²) in [6.07, 6.45) is 0. The summed E-state index contributed by atoms with van der Waals surface area (Å²) in [5.41, 5.74) is 1.60. The van der Waals surface area contributed by atoms with Crippen molar-refractivity contribution in [3.63, 3.8) is 0 Å². The Morgan fingerprint density at radius 3 is 0.714 bits per heavy atom. The highest BCUT2D eigenvalue weighted by molar-refractivity contribution is 6.11. The van der Waals surface area contributed by atoms with Gasteiger partial charge in [0, 0.05) is 0 Å². The zero-order chi connectivity index (χ0) is 57.3. The SMILES string of the molecule is O=C(O)c1cc(C(=O)O)cc(C(=O)O)c1.O=C(O)c1ccc(-c2ccc(C(=O)O)cc2)cc1.O=C(O)c1ccc(C(=O)O)c2ccccc12.O=C(O)c1ccc2cc(C(=O)O)ccc2c1.O=C(O)c1cccc(C(=O)O)c1. The number of carboxylic acid groups (broad SMARTS) is 11. The van der Waals surface area contributed by atoms with Crippen LogP contribution >= 0.6 is 0 Å². The highest BCUT2D eigenvalue weighted by Crippen LogP contribution is 2.24. The number of aromatic carboxylic acids is 11. The molecule has 77 heavy (non-hydrogen) atoms. The monoisotopic (exact) mass is 1050 g/mol. The summed E-state index contributed by atoms with van der Waals surface area (Å²) >= 11 is 0. The minimum atomic E-state index is -1.37. The Bertz CT molecular complexity index is 3360.